The molecular weight excluding hydrogens is 362 g/mol. The molecule has 142 valence electrons. The van der Waals surface area contributed by atoms with Gasteiger partial charge in [-0.25, -0.2) is 0 Å². The summed E-state index contributed by atoms with van der Waals surface area (Å²) in [5, 5.41) is 11.1. The molecule has 2 aromatic heterocycles. The van der Waals surface area contributed by atoms with E-state index in [2.05, 4.69) is 35.4 Å². The number of anilines is 1. The lowest BCUT2D eigenvalue weighted by molar-refractivity contribution is -0.115. The van der Waals surface area contributed by atoms with Crippen LogP contribution in [0.15, 0.2) is 50.7 Å². The Bertz CT molecular complexity index is 919. The van der Waals surface area contributed by atoms with Crippen molar-refractivity contribution in [2.24, 2.45) is 0 Å². The van der Waals surface area contributed by atoms with Gasteiger partial charge in [-0.15, -0.1) is 10.2 Å². The van der Waals surface area contributed by atoms with Crippen molar-refractivity contribution in [1.29, 1.82) is 0 Å². The van der Waals surface area contributed by atoms with Crippen LogP contribution in [-0.2, 0) is 4.79 Å². The number of nitrogens with zero attached hydrogens (tertiary/aromatic N) is 2. The quantitative estimate of drug-likeness (QED) is 0.558. The fourth-order valence-electron chi connectivity index (χ4n) is 2.67. The van der Waals surface area contributed by atoms with Gasteiger partial charge in [-0.1, -0.05) is 43.8 Å². The van der Waals surface area contributed by atoms with E-state index in [1.165, 1.54) is 11.8 Å². The van der Waals surface area contributed by atoms with Crippen molar-refractivity contribution in [3.8, 4) is 11.5 Å². The molecule has 27 heavy (non-hydrogen) atoms. The van der Waals surface area contributed by atoms with E-state index >= 15 is 0 Å². The van der Waals surface area contributed by atoms with Gasteiger partial charge in [0.1, 0.15) is 5.76 Å². The Hall–Kier alpha value is -2.54. The Balaban J connectivity index is 1.67. The average Bonchev–Trinajstić information content (AvgIpc) is 3.30. The van der Waals surface area contributed by atoms with Crippen molar-refractivity contribution in [2.45, 2.75) is 50.5 Å². The largest absolute Gasteiger partial charge is 0.469 e. The number of aryl methyl sites for hydroxylation is 1. The zero-order valence-electron chi connectivity index (χ0n) is 15.9. The highest BCUT2D eigenvalue weighted by Gasteiger charge is 2.21. The van der Waals surface area contributed by atoms with Crippen LogP contribution >= 0.6 is 11.8 Å². The Morgan fingerprint density at radius 1 is 1.22 bits per heavy atom. The fraction of sp³-hybridized carbons (Fsp3) is 0.350. The predicted octanol–water partition coefficient (Wildman–Crippen LogP) is 5.27. The van der Waals surface area contributed by atoms with Gasteiger partial charge in [0.2, 0.25) is 5.91 Å². The van der Waals surface area contributed by atoms with Crippen LogP contribution in [0, 0.1) is 6.92 Å². The number of hydrogen-bond donors (Lipinski definition) is 1. The molecule has 0 aliphatic heterocycles. The van der Waals surface area contributed by atoms with Crippen LogP contribution in [-0.4, -0.2) is 21.4 Å². The number of aromatic nitrogens is 2. The Labute approximate surface area is 162 Å². The Morgan fingerprint density at radius 3 is 2.70 bits per heavy atom. The van der Waals surface area contributed by atoms with Crippen LogP contribution < -0.4 is 5.32 Å². The number of carbonyl (C=O) groups excluding carboxylic acids is 1. The second kappa shape index (κ2) is 8.43. The van der Waals surface area contributed by atoms with E-state index in [4.69, 9.17) is 8.83 Å². The van der Waals surface area contributed by atoms with Crippen LogP contribution in [0.1, 0.15) is 44.4 Å². The van der Waals surface area contributed by atoms with Crippen LogP contribution in [0.25, 0.3) is 11.5 Å². The van der Waals surface area contributed by atoms with Gasteiger partial charge in [0.25, 0.3) is 11.1 Å². The topological polar surface area (TPSA) is 81.2 Å². The minimum Gasteiger partial charge on any atom is -0.469 e. The lowest BCUT2D eigenvalue weighted by atomic mass is 9.97. The summed E-state index contributed by atoms with van der Waals surface area (Å²) in [5.41, 5.74) is 2.75. The number of benzene rings is 1. The molecule has 0 aliphatic carbocycles. The minimum atomic E-state index is -0.381. The van der Waals surface area contributed by atoms with E-state index < -0.39 is 0 Å². The molecule has 1 aromatic carbocycles. The van der Waals surface area contributed by atoms with Crippen molar-refractivity contribution >= 4 is 23.4 Å². The van der Waals surface area contributed by atoms with Gasteiger partial charge in [-0.3, -0.25) is 4.79 Å². The first-order valence-electron chi connectivity index (χ1n) is 8.94. The van der Waals surface area contributed by atoms with Crippen molar-refractivity contribution in [1.82, 2.24) is 10.2 Å². The smallest absolute Gasteiger partial charge is 0.277 e. The summed E-state index contributed by atoms with van der Waals surface area (Å²) < 4.78 is 10.9. The summed E-state index contributed by atoms with van der Waals surface area (Å²) in [6.45, 7) is 7.94. The highest BCUT2D eigenvalue weighted by molar-refractivity contribution is 8.00. The third-order valence-electron chi connectivity index (χ3n) is 4.50. The maximum atomic E-state index is 12.6. The number of rotatable bonds is 7. The molecule has 0 aliphatic rings. The summed E-state index contributed by atoms with van der Waals surface area (Å²) in [6.07, 6.45) is 2.59. The summed E-state index contributed by atoms with van der Waals surface area (Å²) in [6, 6.07) is 9.69. The molecule has 0 saturated carbocycles. The van der Waals surface area contributed by atoms with E-state index in [1.807, 2.05) is 32.0 Å². The van der Waals surface area contributed by atoms with Crippen molar-refractivity contribution in [3.63, 3.8) is 0 Å². The number of furan rings is 1. The number of thioether (sulfide) groups is 1. The van der Waals surface area contributed by atoms with Crippen LogP contribution in [0.4, 0.5) is 5.69 Å². The lowest BCUT2D eigenvalue weighted by Crippen LogP contribution is -2.23. The first-order chi connectivity index (χ1) is 13.0. The first-order valence-corrected chi connectivity index (χ1v) is 9.82. The van der Waals surface area contributed by atoms with Crippen molar-refractivity contribution in [3.05, 3.63) is 47.9 Å². The standard InChI is InChI=1S/C20H23N3O3S/c1-5-12(2)15-8-6-7-9-17(15)21-18(24)14(4)27-20-23-22-19(26-20)16-10-11-25-13(16)3/h6-12,14H,5H2,1-4H3,(H,21,24). The molecule has 2 heterocycles. The predicted molar refractivity (Wildman–Crippen MR) is 106 cm³/mol. The van der Waals surface area contributed by atoms with E-state index in [0.717, 1.165) is 23.2 Å². The molecule has 3 rings (SSSR count). The third kappa shape index (κ3) is 4.42. The van der Waals surface area contributed by atoms with E-state index in [9.17, 15) is 4.79 Å². The monoisotopic (exact) mass is 385 g/mol. The van der Waals surface area contributed by atoms with Crippen LogP contribution in [0.2, 0.25) is 0 Å². The molecule has 0 radical (unpaired) electrons. The number of hydrogen-bond acceptors (Lipinski definition) is 6. The summed E-state index contributed by atoms with van der Waals surface area (Å²) >= 11 is 1.23. The molecule has 0 bridgehead atoms. The molecule has 0 saturated heterocycles. The van der Waals surface area contributed by atoms with Gasteiger partial charge in [0.05, 0.1) is 17.1 Å². The summed E-state index contributed by atoms with van der Waals surface area (Å²) in [5.74, 6) is 1.37. The number of amides is 1. The van der Waals surface area contributed by atoms with Crippen molar-refractivity contribution in [2.75, 3.05) is 5.32 Å². The molecule has 0 fully saturated rings. The van der Waals surface area contributed by atoms with E-state index in [1.54, 1.807) is 12.3 Å². The molecule has 3 aromatic rings. The highest BCUT2D eigenvalue weighted by atomic mass is 32.2. The Kier molecular flexibility index (Phi) is 6.01. The Morgan fingerprint density at radius 2 is 2.00 bits per heavy atom. The molecule has 2 atom stereocenters. The summed E-state index contributed by atoms with van der Waals surface area (Å²) in [4.78, 5) is 12.6. The number of nitrogens with one attached hydrogen (secondary N) is 1. The lowest BCUT2D eigenvalue weighted by Gasteiger charge is -2.17. The zero-order chi connectivity index (χ0) is 19.4. The van der Waals surface area contributed by atoms with Gasteiger partial charge in [0.15, 0.2) is 0 Å². The normalized spacial score (nSPS) is 13.3. The second-order valence-corrected chi connectivity index (χ2v) is 7.70. The van der Waals surface area contributed by atoms with Crippen LogP contribution in [0.5, 0.6) is 0 Å². The molecule has 1 amide bonds. The maximum Gasteiger partial charge on any atom is 0.277 e. The first kappa shape index (κ1) is 19.2. The molecule has 0 spiro atoms. The average molecular weight is 385 g/mol. The maximum absolute atomic E-state index is 12.6. The molecule has 1 N–H and O–H groups in total. The molecular formula is C20H23N3O3S. The van der Waals surface area contributed by atoms with Crippen LogP contribution in [0.3, 0.4) is 0 Å². The van der Waals surface area contributed by atoms with E-state index in [-0.39, 0.29) is 11.2 Å². The summed E-state index contributed by atoms with van der Waals surface area (Å²) in [7, 11) is 0. The van der Waals surface area contributed by atoms with Gasteiger partial charge < -0.3 is 14.2 Å². The number of carbonyl (C=O) groups is 1. The van der Waals surface area contributed by atoms with E-state index in [0.29, 0.717) is 22.8 Å². The number of para-hydroxylation sites is 1. The SMILES string of the molecule is CCC(C)c1ccccc1NC(=O)C(C)Sc1nnc(-c2ccoc2C)o1. The van der Waals surface area contributed by atoms with Gasteiger partial charge >= 0.3 is 0 Å². The van der Waals surface area contributed by atoms with Crippen molar-refractivity contribution < 1.29 is 13.6 Å². The molecule has 7 heteroatoms. The molecule has 2 unspecified atom stereocenters. The minimum absolute atomic E-state index is 0.102. The highest BCUT2D eigenvalue weighted by Crippen LogP contribution is 2.30. The molecule has 6 nitrogen and oxygen atoms in total. The van der Waals surface area contributed by atoms with Gasteiger partial charge in [0, 0.05) is 5.69 Å². The van der Waals surface area contributed by atoms with Gasteiger partial charge in [-0.2, -0.15) is 0 Å². The third-order valence-corrected chi connectivity index (χ3v) is 5.44. The zero-order valence-corrected chi connectivity index (χ0v) is 16.7. The second-order valence-electron chi connectivity index (χ2n) is 6.41. The fourth-order valence-corrected chi connectivity index (χ4v) is 3.36. The van der Waals surface area contributed by atoms with Gasteiger partial charge in [-0.05, 0) is 43.9 Å².